The monoisotopic (exact) mass is 417 g/mol. The Labute approximate surface area is 172 Å². The minimum absolute atomic E-state index is 0.282. The summed E-state index contributed by atoms with van der Waals surface area (Å²) in [7, 11) is 3.27. The number of ether oxygens (including phenoxy) is 1. The third-order valence-corrected chi connectivity index (χ3v) is 5.62. The lowest BCUT2D eigenvalue weighted by molar-refractivity contribution is 0.414. The van der Waals surface area contributed by atoms with Crippen molar-refractivity contribution in [2.75, 3.05) is 18.6 Å². The molecule has 1 aliphatic rings. The maximum Gasteiger partial charge on any atom is 0.332 e. The van der Waals surface area contributed by atoms with Crippen LogP contribution in [0.5, 0.6) is 5.75 Å². The molecular formula is C20H24ClN5O3. The first-order valence-corrected chi connectivity index (χ1v) is 10.2. The average Bonchev–Trinajstić information content (AvgIpc) is 3.12. The van der Waals surface area contributed by atoms with Crippen LogP contribution in [0.15, 0.2) is 27.8 Å². The van der Waals surface area contributed by atoms with Crippen LogP contribution in [-0.2, 0) is 20.1 Å². The summed E-state index contributed by atoms with van der Waals surface area (Å²) in [5.74, 6) is 1.29. The van der Waals surface area contributed by atoms with E-state index in [1.165, 1.54) is 9.13 Å². The van der Waals surface area contributed by atoms with Gasteiger partial charge >= 0.3 is 5.69 Å². The van der Waals surface area contributed by atoms with Crippen molar-refractivity contribution < 1.29 is 4.74 Å². The van der Waals surface area contributed by atoms with Crippen LogP contribution in [0.4, 0.5) is 11.6 Å². The maximum atomic E-state index is 13.2. The Morgan fingerprint density at radius 1 is 1.24 bits per heavy atom. The summed E-state index contributed by atoms with van der Waals surface area (Å²) in [5, 5.41) is 0.586. The van der Waals surface area contributed by atoms with Gasteiger partial charge in [-0.15, -0.1) is 0 Å². The first kappa shape index (κ1) is 19.6. The molecule has 0 N–H and O–H groups in total. The van der Waals surface area contributed by atoms with E-state index in [4.69, 9.17) is 21.3 Å². The van der Waals surface area contributed by atoms with Gasteiger partial charge in [-0.2, -0.15) is 4.98 Å². The molecule has 0 saturated heterocycles. The van der Waals surface area contributed by atoms with Crippen LogP contribution < -0.4 is 20.9 Å². The first-order valence-electron chi connectivity index (χ1n) is 9.79. The lowest BCUT2D eigenvalue weighted by Gasteiger charge is -2.30. The van der Waals surface area contributed by atoms with Crippen LogP contribution in [0.25, 0.3) is 11.2 Å². The predicted octanol–water partition coefficient (Wildman–Crippen LogP) is 2.90. The number of hydrogen-bond acceptors (Lipinski definition) is 5. The zero-order valence-corrected chi connectivity index (χ0v) is 17.6. The van der Waals surface area contributed by atoms with Gasteiger partial charge in [0.2, 0.25) is 5.95 Å². The van der Waals surface area contributed by atoms with Gasteiger partial charge in [0.15, 0.2) is 11.2 Å². The molecule has 0 bridgehead atoms. The minimum Gasteiger partial charge on any atom is -0.495 e. The number of fused-ring (bicyclic) bond motifs is 3. The lowest BCUT2D eigenvalue weighted by Crippen LogP contribution is -2.40. The molecular weight excluding hydrogens is 394 g/mol. The number of nitrogens with zero attached hydrogens (tertiary/aromatic N) is 5. The van der Waals surface area contributed by atoms with Crippen LogP contribution in [0.3, 0.4) is 0 Å². The van der Waals surface area contributed by atoms with Gasteiger partial charge in [0.05, 0.1) is 12.8 Å². The Morgan fingerprint density at radius 2 is 2.03 bits per heavy atom. The molecule has 0 saturated carbocycles. The Bertz CT molecular complexity index is 1190. The van der Waals surface area contributed by atoms with Gasteiger partial charge in [-0.05, 0) is 31.0 Å². The molecule has 154 valence electrons. The molecule has 1 aliphatic heterocycles. The number of anilines is 2. The minimum atomic E-state index is -0.335. The van der Waals surface area contributed by atoms with E-state index < -0.39 is 0 Å². The molecule has 29 heavy (non-hydrogen) atoms. The van der Waals surface area contributed by atoms with Crippen molar-refractivity contribution in [3.05, 3.63) is 44.1 Å². The zero-order chi connectivity index (χ0) is 20.7. The summed E-state index contributed by atoms with van der Waals surface area (Å²) in [4.78, 5) is 32.6. The third kappa shape index (κ3) is 3.11. The largest absolute Gasteiger partial charge is 0.495 e. The lowest BCUT2D eigenvalue weighted by atomic mass is 10.2. The van der Waals surface area contributed by atoms with E-state index >= 15 is 0 Å². The topological polar surface area (TPSA) is 74.3 Å². The number of rotatable bonds is 5. The van der Waals surface area contributed by atoms with Crippen molar-refractivity contribution in [1.82, 2.24) is 18.7 Å². The van der Waals surface area contributed by atoms with Crippen LogP contribution in [0.2, 0.25) is 5.02 Å². The maximum absolute atomic E-state index is 13.2. The van der Waals surface area contributed by atoms with E-state index in [1.54, 1.807) is 20.2 Å². The summed E-state index contributed by atoms with van der Waals surface area (Å²) in [6, 6.07) is 5.41. The highest BCUT2D eigenvalue weighted by Crippen LogP contribution is 2.38. The van der Waals surface area contributed by atoms with E-state index in [-0.39, 0.29) is 11.2 Å². The highest BCUT2D eigenvalue weighted by atomic mass is 35.5. The van der Waals surface area contributed by atoms with Crippen molar-refractivity contribution in [3.8, 4) is 5.75 Å². The molecule has 0 unspecified atom stereocenters. The Hall–Kier alpha value is -2.74. The predicted molar refractivity (Wildman–Crippen MR) is 114 cm³/mol. The molecule has 0 spiro atoms. The molecule has 9 heteroatoms. The molecule has 0 fully saturated rings. The van der Waals surface area contributed by atoms with Gasteiger partial charge in [0.1, 0.15) is 5.75 Å². The number of hydrogen-bond donors (Lipinski definition) is 0. The first-order chi connectivity index (χ1) is 14.0. The van der Waals surface area contributed by atoms with E-state index in [0.29, 0.717) is 47.5 Å². The van der Waals surface area contributed by atoms with Crippen LogP contribution in [-0.4, -0.2) is 32.3 Å². The van der Waals surface area contributed by atoms with Crippen molar-refractivity contribution in [2.45, 2.75) is 39.3 Å². The Balaban J connectivity index is 1.97. The van der Waals surface area contributed by atoms with Crippen molar-refractivity contribution in [3.63, 3.8) is 0 Å². The standard InChI is InChI=1S/C20H24ClN5O3/c1-4-5-9-26-18(27)16-17(23(2)20(26)28)22-19-24(10-6-11-25(16)19)14-12-13(21)7-8-15(14)29-3/h7-8,12H,4-6,9-11H2,1-3H3. The number of aryl methyl sites for hydroxylation is 2. The van der Waals surface area contributed by atoms with Crippen molar-refractivity contribution in [2.24, 2.45) is 7.05 Å². The number of benzene rings is 1. The molecule has 4 rings (SSSR count). The zero-order valence-electron chi connectivity index (χ0n) is 16.8. The van der Waals surface area contributed by atoms with Gasteiger partial charge in [-0.1, -0.05) is 24.9 Å². The smallest absolute Gasteiger partial charge is 0.332 e. The highest BCUT2D eigenvalue weighted by Gasteiger charge is 2.28. The summed E-state index contributed by atoms with van der Waals surface area (Å²) >= 11 is 6.23. The highest BCUT2D eigenvalue weighted by molar-refractivity contribution is 6.31. The van der Waals surface area contributed by atoms with Crippen LogP contribution in [0.1, 0.15) is 26.2 Å². The quantitative estimate of drug-likeness (QED) is 0.638. The second-order valence-electron chi connectivity index (χ2n) is 7.21. The van der Waals surface area contributed by atoms with Gasteiger partial charge < -0.3 is 14.2 Å². The average molecular weight is 418 g/mol. The fourth-order valence-corrected chi connectivity index (χ4v) is 4.05. The van der Waals surface area contributed by atoms with E-state index in [1.807, 2.05) is 28.5 Å². The molecule has 3 heterocycles. The third-order valence-electron chi connectivity index (χ3n) is 5.38. The summed E-state index contributed by atoms with van der Waals surface area (Å²) in [5.41, 5.74) is 1.03. The van der Waals surface area contributed by atoms with E-state index in [2.05, 4.69) is 0 Å². The fraction of sp³-hybridized carbons (Fsp3) is 0.450. The number of unbranched alkanes of at least 4 members (excludes halogenated alkanes) is 1. The van der Waals surface area contributed by atoms with Crippen molar-refractivity contribution in [1.29, 1.82) is 0 Å². The molecule has 3 aromatic rings. The summed E-state index contributed by atoms with van der Waals surface area (Å²) in [6.07, 6.45) is 2.50. The Morgan fingerprint density at radius 3 is 2.76 bits per heavy atom. The molecule has 0 amide bonds. The van der Waals surface area contributed by atoms with Crippen LogP contribution >= 0.6 is 11.6 Å². The summed E-state index contributed by atoms with van der Waals surface area (Å²) in [6.45, 7) is 3.81. The second kappa shape index (κ2) is 7.59. The second-order valence-corrected chi connectivity index (χ2v) is 7.65. The molecule has 2 aromatic heterocycles. The number of halogens is 1. The van der Waals surface area contributed by atoms with E-state index in [0.717, 1.165) is 24.9 Å². The number of methoxy groups -OCH3 is 1. The van der Waals surface area contributed by atoms with Gasteiger partial charge in [-0.25, -0.2) is 4.79 Å². The fourth-order valence-electron chi connectivity index (χ4n) is 3.88. The number of aromatic nitrogens is 4. The Kier molecular flexibility index (Phi) is 5.12. The summed E-state index contributed by atoms with van der Waals surface area (Å²) < 4.78 is 10.2. The van der Waals surface area contributed by atoms with E-state index in [9.17, 15) is 9.59 Å². The van der Waals surface area contributed by atoms with Gasteiger partial charge in [-0.3, -0.25) is 13.9 Å². The molecule has 8 nitrogen and oxygen atoms in total. The van der Waals surface area contributed by atoms with Gasteiger partial charge in [0.25, 0.3) is 5.56 Å². The van der Waals surface area contributed by atoms with Crippen LogP contribution in [0, 0.1) is 0 Å². The molecule has 1 aromatic carbocycles. The SMILES string of the molecule is CCCCn1c(=O)c2c(nc3n2CCCN3c2cc(Cl)ccc2OC)n(C)c1=O. The van der Waals surface area contributed by atoms with Gasteiger partial charge in [0, 0.05) is 31.7 Å². The molecule has 0 atom stereocenters. The van der Waals surface area contributed by atoms with Crippen molar-refractivity contribution >= 4 is 34.4 Å². The number of imidazole rings is 1. The normalized spacial score (nSPS) is 13.7. The molecule has 0 radical (unpaired) electrons. The molecule has 0 aliphatic carbocycles.